The number of hydrogen-bond acceptors (Lipinski definition) is 2. The van der Waals surface area contributed by atoms with E-state index < -0.39 is 0 Å². The van der Waals surface area contributed by atoms with E-state index in [1.807, 2.05) is 12.1 Å². The molecule has 2 aromatic carbocycles. The Morgan fingerprint density at radius 3 is 1.78 bits per heavy atom. The van der Waals surface area contributed by atoms with Gasteiger partial charge in [-0.05, 0) is 31.2 Å². The fourth-order valence-electron chi connectivity index (χ4n) is 1.82. The lowest BCUT2D eigenvalue weighted by Gasteiger charge is -2.34. The average Bonchev–Trinajstić information content (AvgIpc) is 2.47. The maximum absolute atomic E-state index is 2.37. The predicted octanol–water partition coefficient (Wildman–Crippen LogP) is 4.33. The fraction of sp³-hybridized carbons (Fsp3) is 0.200. The summed E-state index contributed by atoms with van der Waals surface area (Å²) in [5.41, 5.74) is 2.44. The van der Waals surface area contributed by atoms with Gasteiger partial charge in [-0.1, -0.05) is 36.4 Å². The Morgan fingerprint density at radius 1 is 0.833 bits per heavy atom. The standard InChI is InChI=1S/C15H17IN2/c1-13(17(2)14-9-5-3-6-10-14)18(16)15-11-7-4-8-12-15/h3-13H,1-2H3. The van der Waals surface area contributed by atoms with E-state index in [2.05, 4.69) is 93.4 Å². The molecule has 0 aliphatic heterocycles. The van der Waals surface area contributed by atoms with E-state index in [-0.39, 0.29) is 6.17 Å². The Balaban J connectivity index is 2.14. The summed E-state index contributed by atoms with van der Waals surface area (Å²) in [5, 5.41) is 0. The zero-order valence-electron chi connectivity index (χ0n) is 10.6. The highest BCUT2D eigenvalue weighted by atomic mass is 127. The summed E-state index contributed by atoms with van der Waals surface area (Å²) in [4.78, 5) is 2.26. The van der Waals surface area contributed by atoms with E-state index in [9.17, 15) is 0 Å². The van der Waals surface area contributed by atoms with Gasteiger partial charge in [-0.3, -0.25) is 3.11 Å². The van der Waals surface area contributed by atoms with Crippen LogP contribution in [0.25, 0.3) is 0 Å². The summed E-state index contributed by atoms with van der Waals surface area (Å²) < 4.78 is 2.24. The molecule has 0 fully saturated rings. The summed E-state index contributed by atoms with van der Waals surface area (Å²) in [6.07, 6.45) is 0.287. The third-order valence-corrected chi connectivity index (χ3v) is 4.42. The van der Waals surface area contributed by atoms with Crippen molar-refractivity contribution in [1.82, 2.24) is 0 Å². The molecule has 3 heteroatoms. The zero-order valence-corrected chi connectivity index (χ0v) is 12.8. The van der Waals surface area contributed by atoms with Crippen molar-refractivity contribution in [3.05, 3.63) is 60.7 Å². The van der Waals surface area contributed by atoms with Crippen LogP contribution >= 0.6 is 22.9 Å². The first-order valence-corrected chi connectivity index (χ1v) is 6.94. The molecule has 0 amide bonds. The van der Waals surface area contributed by atoms with E-state index in [0.717, 1.165) is 0 Å². The first kappa shape index (κ1) is 13.2. The molecule has 0 aliphatic carbocycles. The maximum atomic E-state index is 2.37. The lowest BCUT2D eigenvalue weighted by molar-refractivity contribution is 0.738. The smallest absolute Gasteiger partial charge is 0.108 e. The molecule has 0 radical (unpaired) electrons. The van der Waals surface area contributed by atoms with E-state index >= 15 is 0 Å². The third-order valence-electron chi connectivity index (χ3n) is 3.05. The predicted molar refractivity (Wildman–Crippen MR) is 87.2 cm³/mol. The number of para-hydroxylation sites is 2. The monoisotopic (exact) mass is 352 g/mol. The number of anilines is 2. The number of nitrogens with zero attached hydrogens (tertiary/aromatic N) is 2. The molecule has 18 heavy (non-hydrogen) atoms. The van der Waals surface area contributed by atoms with Crippen LogP contribution in [0.4, 0.5) is 11.4 Å². The van der Waals surface area contributed by atoms with E-state index in [4.69, 9.17) is 0 Å². The molecule has 2 aromatic rings. The van der Waals surface area contributed by atoms with Crippen LogP contribution in [0.1, 0.15) is 6.92 Å². The molecule has 1 atom stereocenters. The maximum Gasteiger partial charge on any atom is 0.108 e. The minimum atomic E-state index is 0.287. The van der Waals surface area contributed by atoms with Crippen molar-refractivity contribution in [3.63, 3.8) is 0 Å². The second-order valence-electron chi connectivity index (χ2n) is 4.23. The molecule has 0 saturated heterocycles. The molecule has 0 N–H and O–H groups in total. The van der Waals surface area contributed by atoms with Gasteiger partial charge >= 0.3 is 0 Å². The molecule has 2 rings (SSSR count). The molecule has 0 aromatic heterocycles. The molecule has 0 aliphatic rings. The summed E-state index contributed by atoms with van der Waals surface area (Å²) >= 11 is 2.37. The third kappa shape index (κ3) is 2.96. The van der Waals surface area contributed by atoms with Crippen molar-refractivity contribution in [1.29, 1.82) is 0 Å². The molecule has 94 valence electrons. The van der Waals surface area contributed by atoms with Gasteiger partial charge in [-0.25, -0.2) is 0 Å². The highest BCUT2D eigenvalue weighted by Crippen LogP contribution is 2.25. The molecule has 0 saturated carbocycles. The van der Waals surface area contributed by atoms with Gasteiger partial charge in [0.25, 0.3) is 0 Å². The molecule has 0 heterocycles. The topological polar surface area (TPSA) is 6.48 Å². The van der Waals surface area contributed by atoms with Crippen molar-refractivity contribution in [2.24, 2.45) is 0 Å². The second-order valence-corrected chi connectivity index (χ2v) is 5.26. The van der Waals surface area contributed by atoms with Gasteiger partial charge in [0.1, 0.15) is 6.17 Å². The number of halogens is 1. The highest BCUT2D eigenvalue weighted by molar-refractivity contribution is 14.1. The highest BCUT2D eigenvalue weighted by Gasteiger charge is 2.16. The van der Waals surface area contributed by atoms with Crippen LogP contribution in [0.5, 0.6) is 0 Å². The normalized spacial score (nSPS) is 11.9. The summed E-state index contributed by atoms with van der Waals surface area (Å²) in [7, 11) is 2.12. The lowest BCUT2D eigenvalue weighted by Crippen LogP contribution is -2.39. The van der Waals surface area contributed by atoms with Crippen molar-refractivity contribution in [3.8, 4) is 0 Å². The first-order chi connectivity index (χ1) is 8.70. The van der Waals surface area contributed by atoms with Gasteiger partial charge in [-0.2, -0.15) is 0 Å². The van der Waals surface area contributed by atoms with Crippen LogP contribution in [0, 0.1) is 0 Å². The van der Waals surface area contributed by atoms with Gasteiger partial charge in [-0.15, -0.1) is 0 Å². The van der Waals surface area contributed by atoms with Gasteiger partial charge in [0, 0.05) is 18.4 Å². The van der Waals surface area contributed by atoms with Crippen molar-refractivity contribution < 1.29 is 0 Å². The molecular formula is C15H17IN2. The zero-order chi connectivity index (χ0) is 13.0. The molecule has 0 spiro atoms. The number of hydrogen-bond donors (Lipinski definition) is 0. The van der Waals surface area contributed by atoms with Crippen LogP contribution in [-0.2, 0) is 0 Å². The molecule has 2 nitrogen and oxygen atoms in total. The van der Waals surface area contributed by atoms with Gasteiger partial charge in [0.05, 0.1) is 22.9 Å². The van der Waals surface area contributed by atoms with Crippen LogP contribution in [-0.4, -0.2) is 13.2 Å². The molecule has 1 unspecified atom stereocenters. The lowest BCUT2D eigenvalue weighted by atomic mass is 10.2. The first-order valence-electron chi connectivity index (χ1n) is 5.98. The minimum absolute atomic E-state index is 0.287. The van der Waals surface area contributed by atoms with Crippen LogP contribution in [0.3, 0.4) is 0 Å². The van der Waals surface area contributed by atoms with Gasteiger partial charge in [0.15, 0.2) is 0 Å². The van der Waals surface area contributed by atoms with Crippen molar-refractivity contribution >= 4 is 34.2 Å². The second kappa shape index (κ2) is 6.09. The van der Waals surface area contributed by atoms with Crippen LogP contribution in [0.2, 0.25) is 0 Å². The van der Waals surface area contributed by atoms with E-state index in [1.54, 1.807) is 0 Å². The average molecular weight is 352 g/mol. The largest absolute Gasteiger partial charge is 0.354 e. The minimum Gasteiger partial charge on any atom is -0.354 e. The molecule has 0 bridgehead atoms. The van der Waals surface area contributed by atoms with Crippen LogP contribution in [0.15, 0.2) is 60.7 Å². The summed E-state index contributed by atoms with van der Waals surface area (Å²) in [5.74, 6) is 0. The van der Waals surface area contributed by atoms with E-state index in [1.165, 1.54) is 11.4 Å². The SMILES string of the molecule is CC(N(C)c1ccccc1)N(I)c1ccccc1. The Hall–Kier alpha value is -1.23. The summed E-state index contributed by atoms with van der Waals surface area (Å²) in [6.45, 7) is 2.20. The Bertz CT molecular complexity index is 427. The van der Waals surface area contributed by atoms with Gasteiger partial charge < -0.3 is 4.90 Å². The van der Waals surface area contributed by atoms with Crippen LogP contribution < -0.4 is 8.01 Å². The quantitative estimate of drug-likeness (QED) is 0.459. The number of rotatable bonds is 4. The Morgan fingerprint density at radius 2 is 1.28 bits per heavy atom. The number of benzene rings is 2. The fourth-order valence-corrected chi connectivity index (χ4v) is 2.51. The Kier molecular flexibility index (Phi) is 4.47. The Labute approximate surface area is 123 Å². The van der Waals surface area contributed by atoms with E-state index in [0.29, 0.717) is 0 Å². The van der Waals surface area contributed by atoms with Crippen molar-refractivity contribution in [2.75, 3.05) is 15.1 Å². The van der Waals surface area contributed by atoms with Crippen molar-refractivity contribution in [2.45, 2.75) is 13.1 Å². The molecular weight excluding hydrogens is 335 g/mol. The summed E-state index contributed by atoms with van der Waals surface area (Å²) in [6, 6.07) is 20.9. The van der Waals surface area contributed by atoms with Gasteiger partial charge in [0.2, 0.25) is 0 Å².